The highest BCUT2D eigenvalue weighted by Crippen LogP contribution is 2.51. The van der Waals surface area contributed by atoms with E-state index in [1.165, 1.54) is 52.5 Å². The summed E-state index contributed by atoms with van der Waals surface area (Å²) >= 11 is 0. The van der Waals surface area contributed by atoms with Crippen LogP contribution in [-0.2, 0) is 21.0 Å². The molecule has 0 bridgehead atoms. The van der Waals surface area contributed by atoms with Crippen LogP contribution in [0.25, 0.3) is 0 Å². The van der Waals surface area contributed by atoms with Crippen molar-refractivity contribution in [2.24, 2.45) is 5.92 Å². The van der Waals surface area contributed by atoms with Gasteiger partial charge in [0.2, 0.25) is 15.9 Å². The Bertz CT molecular complexity index is 1190. The molecular weight excluding hydrogens is 457 g/mol. The van der Waals surface area contributed by atoms with E-state index in [4.69, 9.17) is 0 Å². The first-order chi connectivity index (χ1) is 15.5. The average molecular weight is 481 g/mol. The molecule has 1 heterocycles. The van der Waals surface area contributed by atoms with Crippen molar-refractivity contribution >= 4 is 21.7 Å². The first-order valence-corrected chi connectivity index (χ1v) is 12.0. The molecule has 1 saturated heterocycles. The number of piperazine rings is 1. The fourth-order valence-electron chi connectivity index (χ4n) is 4.30. The zero-order chi connectivity index (χ0) is 24.0. The number of halogens is 3. The van der Waals surface area contributed by atoms with Crippen molar-refractivity contribution in [3.05, 3.63) is 65.2 Å². The monoisotopic (exact) mass is 480 g/mol. The van der Waals surface area contributed by atoms with Gasteiger partial charge in [0.05, 0.1) is 10.5 Å². The van der Waals surface area contributed by atoms with Crippen LogP contribution in [-0.4, -0.2) is 55.5 Å². The SMILES string of the molecule is CC(=O)c1cccc(S(=O)(=O)N2CCN(C(=O)C3CC3c3ccccc3C(F)(F)F)CC2)c1. The van der Waals surface area contributed by atoms with Crippen molar-refractivity contribution in [2.45, 2.75) is 30.3 Å². The fourth-order valence-corrected chi connectivity index (χ4v) is 5.77. The van der Waals surface area contributed by atoms with Crippen molar-refractivity contribution in [3.63, 3.8) is 0 Å². The van der Waals surface area contributed by atoms with E-state index in [-0.39, 0.29) is 48.3 Å². The summed E-state index contributed by atoms with van der Waals surface area (Å²) in [5, 5.41) is 0. The lowest BCUT2D eigenvalue weighted by atomic mass is 10.0. The number of alkyl halides is 3. The van der Waals surface area contributed by atoms with Crippen molar-refractivity contribution in [1.29, 1.82) is 0 Å². The Morgan fingerprint density at radius 1 is 0.970 bits per heavy atom. The molecule has 6 nitrogen and oxygen atoms in total. The Morgan fingerprint density at radius 2 is 1.64 bits per heavy atom. The number of carbonyl (C=O) groups is 2. The maximum absolute atomic E-state index is 13.3. The van der Waals surface area contributed by atoms with E-state index < -0.39 is 33.6 Å². The molecule has 1 aliphatic carbocycles. The van der Waals surface area contributed by atoms with Gasteiger partial charge in [-0.25, -0.2) is 8.42 Å². The van der Waals surface area contributed by atoms with Gasteiger partial charge in [0.25, 0.3) is 0 Å². The molecule has 1 amide bonds. The maximum atomic E-state index is 13.3. The van der Waals surface area contributed by atoms with E-state index in [1.807, 2.05) is 0 Å². The molecule has 4 rings (SSSR count). The molecule has 1 saturated carbocycles. The summed E-state index contributed by atoms with van der Waals surface area (Å²) < 4.78 is 67.1. The van der Waals surface area contributed by atoms with Gasteiger partial charge in [-0.3, -0.25) is 9.59 Å². The third-order valence-electron chi connectivity index (χ3n) is 6.20. The minimum atomic E-state index is -4.48. The van der Waals surface area contributed by atoms with Gasteiger partial charge in [-0.1, -0.05) is 30.3 Å². The van der Waals surface area contributed by atoms with Crippen LogP contribution in [0, 0.1) is 5.92 Å². The third kappa shape index (κ3) is 4.67. The molecule has 1 aliphatic heterocycles. The van der Waals surface area contributed by atoms with E-state index >= 15 is 0 Å². The smallest absolute Gasteiger partial charge is 0.340 e. The quantitative estimate of drug-likeness (QED) is 0.614. The van der Waals surface area contributed by atoms with Crippen LogP contribution in [0.4, 0.5) is 13.2 Å². The van der Waals surface area contributed by atoms with Gasteiger partial charge in [0.15, 0.2) is 5.78 Å². The van der Waals surface area contributed by atoms with E-state index in [0.29, 0.717) is 12.0 Å². The van der Waals surface area contributed by atoms with Crippen LogP contribution >= 0.6 is 0 Å². The standard InChI is InChI=1S/C23H23F3N2O4S/c1-15(29)16-5-4-6-17(13-16)33(31,32)28-11-9-27(10-12-28)22(30)20-14-19(20)18-7-2-3-8-21(18)23(24,25)26/h2-8,13,19-20H,9-12,14H2,1H3. The van der Waals surface area contributed by atoms with E-state index in [1.54, 1.807) is 6.07 Å². The van der Waals surface area contributed by atoms with Crippen LogP contribution < -0.4 is 0 Å². The average Bonchev–Trinajstić information content (AvgIpc) is 3.59. The normalized spacial score (nSPS) is 21.6. The fraction of sp³-hybridized carbons (Fsp3) is 0.391. The first kappa shape index (κ1) is 23.4. The summed E-state index contributed by atoms with van der Waals surface area (Å²) in [6.45, 7) is 1.83. The van der Waals surface area contributed by atoms with Gasteiger partial charge in [-0.2, -0.15) is 17.5 Å². The zero-order valence-corrected chi connectivity index (χ0v) is 18.7. The first-order valence-electron chi connectivity index (χ1n) is 10.6. The van der Waals surface area contributed by atoms with Crippen molar-refractivity contribution in [2.75, 3.05) is 26.2 Å². The number of hydrogen-bond acceptors (Lipinski definition) is 4. The summed E-state index contributed by atoms with van der Waals surface area (Å²) in [6.07, 6.45) is -4.13. The second kappa shape index (κ2) is 8.57. The van der Waals surface area contributed by atoms with Crippen LogP contribution in [0.5, 0.6) is 0 Å². The molecule has 176 valence electrons. The maximum Gasteiger partial charge on any atom is 0.416 e. The summed E-state index contributed by atoms with van der Waals surface area (Å²) in [4.78, 5) is 26.0. The highest BCUT2D eigenvalue weighted by Gasteiger charge is 2.49. The Morgan fingerprint density at radius 3 is 2.27 bits per heavy atom. The van der Waals surface area contributed by atoms with E-state index in [0.717, 1.165) is 6.07 Å². The molecule has 2 aromatic rings. The second-order valence-electron chi connectivity index (χ2n) is 8.35. The molecular formula is C23H23F3N2O4S. The summed E-state index contributed by atoms with van der Waals surface area (Å²) in [5.74, 6) is -1.49. The number of sulfonamides is 1. The third-order valence-corrected chi connectivity index (χ3v) is 8.10. The second-order valence-corrected chi connectivity index (χ2v) is 10.3. The molecule has 0 N–H and O–H groups in total. The predicted molar refractivity (Wildman–Crippen MR) is 114 cm³/mol. The van der Waals surface area contributed by atoms with Crippen LogP contribution in [0.3, 0.4) is 0 Å². The summed E-state index contributed by atoms with van der Waals surface area (Å²) in [5.41, 5.74) is -0.285. The highest BCUT2D eigenvalue weighted by molar-refractivity contribution is 7.89. The largest absolute Gasteiger partial charge is 0.416 e. The van der Waals surface area contributed by atoms with E-state index in [2.05, 4.69) is 0 Å². The lowest BCUT2D eigenvalue weighted by Crippen LogP contribution is -2.51. The number of rotatable bonds is 5. The molecule has 2 aliphatic rings. The van der Waals surface area contributed by atoms with Gasteiger partial charge in [-0.15, -0.1) is 0 Å². The Kier molecular flexibility index (Phi) is 6.09. The van der Waals surface area contributed by atoms with Crippen molar-refractivity contribution in [3.8, 4) is 0 Å². The summed E-state index contributed by atoms with van der Waals surface area (Å²) in [7, 11) is -3.83. The lowest BCUT2D eigenvalue weighted by Gasteiger charge is -2.34. The Hall–Kier alpha value is -2.72. The number of benzene rings is 2. The minimum absolute atomic E-state index is 0.0148. The van der Waals surface area contributed by atoms with E-state index in [9.17, 15) is 31.2 Å². The molecule has 33 heavy (non-hydrogen) atoms. The van der Waals surface area contributed by atoms with Gasteiger partial charge in [0, 0.05) is 37.7 Å². The predicted octanol–water partition coefficient (Wildman–Crippen LogP) is 3.54. The molecule has 2 fully saturated rings. The minimum Gasteiger partial charge on any atom is -0.340 e. The number of nitrogens with zero attached hydrogens (tertiary/aromatic N) is 2. The van der Waals surface area contributed by atoms with Gasteiger partial charge >= 0.3 is 6.18 Å². The van der Waals surface area contributed by atoms with Crippen molar-refractivity contribution < 1.29 is 31.2 Å². The lowest BCUT2D eigenvalue weighted by molar-refractivity contribution is -0.139. The molecule has 2 aromatic carbocycles. The number of amides is 1. The van der Waals surface area contributed by atoms with Crippen molar-refractivity contribution in [1.82, 2.24) is 9.21 Å². The molecule has 0 spiro atoms. The van der Waals surface area contributed by atoms with Gasteiger partial charge in [0.1, 0.15) is 0 Å². The number of hydrogen-bond donors (Lipinski definition) is 0. The Labute approximate surface area is 190 Å². The number of carbonyl (C=O) groups excluding carboxylic acids is 2. The zero-order valence-electron chi connectivity index (χ0n) is 17.9. The number of Topliss-reactive ketones (excluding diaryl/α,β-unsaturated/α-hetero) is 1. The highest BCUT2D eigenvalue weighted by atomic mass is 32.2. The number of ketones is 1. The molecule has 2 unspecified atom stereocenters. The topological polar surface area (TPSA) is 74.8 Å². The molecule has 0 aromatic heterocycles. The van der Waals surface area contributed by atoms with Crippen LogP contribution in [0.15, 0.2) is 53.4 Å². The molecule has 2 atom stereocenters. The van der Waals surface area contributed by atoms with Gasteiger partial charge in [-0.05, 0) is 43.0 Å². The Balaban J connectivity index is 1.41. The van der Waals surface area contributed by atoms with Crippen LogP contribution in [0.2, 0.25) is 0 Å². The molecule has 0 radical (unpaired) electrons. The van der Waals surface area contributed by atoms with Gasteiger partial charge < -0.3 is 4.90 Å². The molecule has 10 heteroatoms. The summed E-state index contributed by atoms with van der Waals surface area (Å²) in [6, 6.07) is 11.1. The van der Waals surface area contributed by atoms with Crippen LogP contribution in [0.1, 0.15) is 40.7 Å².